The third-order valence-corrected chi connectivity index (χ3v) is 3.83. The van der Waals surface area contributed by atoms with E-state index in [4.69, 9.17) is 9.84 Å². The lowest BCUT2D eigenvalue weighted by atomic mass is 10.0. The van der Waals surface area contributed by atoms with Crippen molar-refractivity contribution in [2.24, 2.45) is 5.92 Å². The largest absolute Gasteiger partial charge is 0.394 e. The molecule has 8 heteroatoms. The Bertz CT molecular complexity index is 554. The molecule has 2 rings (SSSR count). The highest BCUT2D eigenvalue weighted by Crippen LogP contribution is 2.33. The van der Waals surface area contributed by atoms with Gasteiger partial charge in [0.05, 0.1) is 16.3 Å². The highest BCUT2D eigenvalue weighted by molar-refractivity contribution is 14.1. The van der Waals surface area contributed by atoms with Crippen molar-refractivity contribution >= 4 is 22.6 Å². The Morgan fingerprint density at radius 1 is 1.56 bits per heavy atom. The molecule has 2 heterocycles. The first-order valence-corrected chi connectivity index (χ1v) is 6.49. The first-order chi connectivity index (χ1) is 8.45. The molecule has 0 radical (unpaired) electrons. The molecule has 0 saturated carbocycles. The van der Waals surface area contributed by atoms with Gasteiger partial charge in [0.2, 0.25) is 0 Å². The van der Waals surface area contributed by atoms with E-state index in [1.54, 1.807) is 6.92 Å². The molecule has 3 N–H and O–H groups in total. The molecular formula is C10H13IN2O5. The summed E-state index contributed by atoms with van der Waals surface area (Å²) in [5.74, 6) is -0.360. The van der Waals surface area contributed by atoms with Crippen LogP contribution in [0.15, 0.2) is 15.8 Å². The molecule has 18 heavy (non-hydrogen) atoms. The summed E-state index contributed by atoms with van der Waals surface area (Å²) in [6, 6.07) is 0. The number of aliphatic hydroxyl groups is 2. The van der Waals surface area contributed by atoms with Crippen LogP contribution >= 0.6 is 22.6 Å². The van der Waals surface area contributed by atoms with Crippen LogP contribution in [-0.2, 0) is 4.74 Å². The van der Waals surface area contributed by atoms with Gasteiger partial charge in [-0.15, -0.1) is 0 Å². The van der Waals surface area contributed by atoms with Crippen LogP contribution < -0.4 is 11.2 Å². The highest BCUT2D eigenvalue weighted by Gasteiger charge is 2.41. The Hall–Kier alpha value is -0.710. The Kier molecular flexibility index (Phi) is 3.90. The van der Waals surface area contributed by atoms with E-state index in [0.29, 0.717) is 3.57 Å². The number of ether oxygens (including phenoxy) is 1. The van der Waals surface area contributed by atoms with Crippen LogP contribution in [0.3, 0.4) is 0 Å². The van der Waals surface area contributed by atoms with Gasteiger partial charge in [-0.3, -0.25) is 14.3 Å². The fourth-order valence-electron chi connectivity index (χ4n) is 2.01. The van der Waals surface area contributed by atoms with Gasteiger partial charge < -0.3 is 14.9 Å². The summed E-state index contributed by atoms with van der Waals surface area (Å²) < 4.78 is 7.02. The first kappa shape index (κ1) is 13.7. The third-order valence-electron chi connectivity index (χ3n) is 3.06. The van der Waals surface area contributed by atoms with Gasteiger partial charge in [-0.25, -0.2) is 4.79 Å². The van der Waals surface area contributed by atoms with E-state index in [0.717, 1.165) is 0 Å². The van der Waals surface area contributed by atoms with Gasteiger partial charge in [0, 0.05) is 12.1 Å². The number of H-pyrrole nitrogens is 1. The molecule has 1 aliphatic heterocycles. The molecule has 1 aromatic rings. The second-order valence-electron chi connectivity index (χ2n) is 4.24. The number of rotatable bonds is 2. The van der Waals surface area contributed by atoms with Crippen molar-refractivity contribution in [1.29, 1.82) is 0 Å². The van der Waals surface area contributed by atoms with Gasteiger partial charge in [0.15, 0.2) is 0 Å². The molecule has 1 saturated heterocycles. The zero-order valence-electron chi connectivity index (χ0n) is 9.54. The fourth-order valence-corrected chi connectivity index (χ4v) is 2.45. The van der Waals surface area contributed by atoms with Crippen molar-refractivity contribution in [2.75, 3.05) is 6.61 Å². The molecule has 7 nitrogen and oxygen atoms in total. The quantitative estimate of drug-likeness (QED) is 0.583. The lowest BCUT2D eigenvalue weighted by Crippen LogP contribution is -2.35. The highest BCUT2D eigenvalue weighted by atomic mass is 127. The molecule has 0 bridgehead atoms. The van der Waals surface area contributed by atoms with E-state index in [1.165, 1.54) is 10.8 Å². The first-order valence-electron chi connectivity index (χ1n) is 5.41. The van der Waals surface area contributed by atoms with Crippen LogP contribution in [-0.4, -0.2) is 38.6 Å². The van der Waals surface area contributed by atoms with Gasteiger partial charge >= 0.3 is 5.69 Å². The lowest BCUT2D eigenvalue weighted by Gasteiger charge is -2.18. The van der Waals surface area contributed by atoms with Crippen LogP contribution in [0.1, 0.15) is 13.2 Å². The number of nitrogens with one attached hydrogen (secondary N) is 1. The molecule has 0 aromatic carbocycles. The SMILES string of the molecule is CC1[C@@H](O)[C@@H](CO)O[C@@H]1n1cc(I)c(=O)[nH]c1=O. The lowest BCUT2D eigenvalue weighted by molar-refractivity contribution is -0.0477. The standard InChI is InChI=1S/C10H13IN2O5/c1-4-7(15)6(3-14)18-9(4)13-2-5(11)8(16)12-10(13)17/h2,4,6-7,9,14-15H,3H2,1H3,(H,12,16,17)/t4?,6-,7-,9+/m1/s1. The zero-order valence-corrected chi connectivity index (χ0v) is 11.7. The van der Waals surface area contributed by atoms with E-state index in [1.807, 2.05) is 22.6 Å². The smallest absolute Gasteiger partial charge is 0.330 e. The number of aromatic amines is 1. The summed E-state index contributed by atoms with van der Waals surface area (Å²) in [6.07, 6.45) is -0.886. The number of halogens is 1. The Morgan fingerprint density at radius 3 is 2.78 bits per heavy atom. The van der Waals surface area contributed by atoms with Crippen molar-refractivity contribution in [1.82, 2.24) is 9.55 Å². The fraction of sp³-hybridized carbons (Fsp3) is 0.600. The predicted octanol–water partition coefficient (Wildman–Crippen LogP) is -0.972. The summed E-state index contributed by atoms with van der Waals surface area (Å²) in [5.41, 5.74) is -1.05. The van der Waals surface area contributed by atoms with Gasteiger partial charge in [-0.05, 0) is 22.6 Å². The molecule has 0 aliphatic carbocycles. The Morgan fingerprint density at radius 2 is 2.22 bits per heavy atom. The molecule has 1 aromatic heterocycles. The van der Waals surface area contributed by atoms with Crippen LogP contribution in [0.2, 0.25) is 0 Å². The van der Waals surface area contributed by atoms with Crippen LogP contribution in [0.5, 0.6) is 0 Å². The topological polar surface area (TPSA) is 105 Å². The molecule has 1 aliphatic rings. The maximum atomic E-state index is 11.7. The van der Waals surface area contributed by atoms with Crippen LogP contribution in [0.25, 0.3) is 0 Å². The minimum Gasteiger partial charge on any atom is -0.394 e. The van der Waals surface area contributed by atoms with Gasteiger partial charge in [0.1, 0.15) is 12.3 Å². The molecule has 1 fully saturated rings. The normalized spacial score (nSPS) is 31.8. The maximum absolute atomic E-state index is 11.7. The predicted molar refractivity (Wildman–Crippen MR) is 70.2 cm³/mol. The van der Waals surface area contributed by atoms with Crippen LogP contribution in [0.4, 0.5) is 0 Å². The van der Waals surface area contributed by atoms with Crippen molar-refractivity contribution in [3.63, 3.8) is 0 Å². The second-order valence-corrected chi connectivity index (χ2v) is 5.40. The summed E-state index contributed by atoms with van der Waals surface area (Å²) in [7, 11) is 0. The average molecular weight is 368 g/mol. The van der Waals surface area contributed by atoms with E-state index in [2.05, 4.69) is 4.98 Å². The molecule has 1 unspecified atom stereocenters. The number of aromatic nitrogens is 2. The van der Waals surface area contributed by atoms with E-state index in [9.17, 15) is 14.7 Å². The minimum absolute atomic E-state index is 0.322. The summed E-state index contributed by atoms with van der Waals surface area (Å²) in [4.78, 5) is 25.1. The second kappa shape index (κ2) is 5.11. The van der Waals surface area contributed by atoms with E-state index >= 15 is 0 Å². The number of nitrogens with zero attached hydrogens (tertiary/aromatic N) is 1. The molecule has 0 amide bonds. The van der Waals surface area contributed by atoms with Crippen molar-refractivity contribution < 1.29 is 14.9 Å². The third kappa shape index (κ3) is 2.25. The maximum Gasteiger partial charge on any atom is 0.330 e. The molecule has 4 atom stereocenters. The van der Waals surface area contributed by atoms with E-state index in [-0.39, 0.29) is 12.5 Å². The molecule has 100 valence electrons. The number of hydrogen-bond donors (Lipinski definition) is 3. The summed E-state index contributed by atoms with van der Waals surface area (Å²) in [5, 5.41) is 18.9. The summed E-state index contributed by atoms with van der Waals surface area (Å²) >= 11 is 1.81. The summed E-state index contributed by atoms with van der Waals surface area (Å²) in [6.45, 7) is 1.40. The van der Waals surface area contributed by atoms with Crippen LogP contribution in [0, 0.1) is 9.49 Å². The number of hydrogen-bond acceptors (Lipinski definition) is 5. The van der Waals surface area contributed by atoms with E-state index < -0.39 is 29.7 Å². The van der Waals surface area contributed by atoms with Gasteiger partial charge in [-0.2, -0.15) is 0 Å². The molecular weight excluding hydrogens is 355 g/mol. The number of aliphatic hydroxyl groups excluding tert-OH is 2. The average Bonchev–Trinajstić information content (AvgIpc) is 2.61. The Balaban J connectivity index is 2.42. The van der Waals surface area contributed by atoms with Crippen molar-refractivity contribution in [3.05, 3.63) is 30.6 Å². The van der Waals surface area contributed by atoms with Crippen molar-refractivity contribution in [2.45, 2.75) is 25.4 Å². The zero-order chi connectivity index (χ0) is 13.4. The minimum atomic E-state index is -0.850. The van der Waals surface area contributed by atoms with Gasteiger partial charge in [0.25, 0.3) is 5.56 Å². The molecule has 0 spiro atoms. The van der Waals surface area contributed by atoms with Crippen molar-refractivity contribution in [3.8, 4) is 0 Å². The van der Waals surface area contributed by atoms with Gasteiger partial charge in [-0.1, -0.05) is 6.92 Å². The monoisotopic (exact) mass is 368 g/mol. The Labute approximate surface area is 116 Å².